The van der Waals surface area contributed by atoms with Gasteiger partial charge < -0.3 is 24.8 Å². The molecule has 0 aromatic heterocycles. The van der Waals surface area contributed by atoms with E-state index in [-0.39, 0.29) is 31.1 Å². The van der Waals surface area contributed by atoms with Gasteiger partial charge in [-0.2, -0.15) is 0 Å². The summed E-state index contributed by atoms with van der Waals surface area (Å²) in [5.41, 5.74) is 0.414. The number of Topliss-reactive ketones (excluding diaryl/α,β-unsaturated/α-hetero) is 1. The van der Waals surface area contributed by atoms with Crippen LogP contribution in [0.3, 0.4) is 0 Å². The lowest BCUT2D eigenvalue weighted by Crippen LogP contribution is -2.38. The Bertz CT molecular complexity index is 733. The van der Waals surface area contributed by atoms with Crippen LogP contribution < -0.4 is 20.1 Å². The van der Waals surface area contributed by atoms with Crippen molar-refractivity contribution < 1.29 is 33.4 Å². The standard InChI is InChI=1S/C19H24N2O7/c1-2-20-17(23)11-21-18(24)12-28-19(25)7-5-14(22)13-4-6-15-16(10-13)27-9-3-8-26-15/h4,6,10H,2-3,5,7-9,11-12H2,1H3,(H,20,23)(H,21,24). The van der Waals surface area contributed by atoms with Gasteiger partial charge in [-0.3, -0.25) is 19.2 Å². The van der Waals surface area contributed by atoms with E-state index in [0.29, 0.717) is 36.8 Å². The van der Waals surface area contributed by atoms with Crippen LogP contribution in [0.15, 0.2) is 18.2 Å². The number of ether oxygens (including phenoxy) is 3. The van der Waals surface area contributed by atoms with Gasteiger partial charge in [-0.25, -0.2) is 0 Å². The maximum atomic E-state index is 12.3. The maximum Gasteiger partial charge on any atom is 0.306 e. The highest BCUT2D eigenvalue weighted by Crippen LogP contribution is 2.30. The number of benzene rings is 1. The molecule has 0 saturated heterocycles. The Hall–Kier alpha value is -3.10. The quantitative estimate of drug-likeness (QED) is 0.466. The molecule has 1 aliphatic heterocycles. The van der Waals surface area contributed by atoms with E-state index in [1.165, 1.54) is 0 Å². The van der Waals surface area contributed by atoms with E-state index >= 15 is 0 Å². The summed E-state index contributed by atoms with van der Waals surface area (Å²) in [6.07, 6.45) is 0.552. The molecule has 0 fully saturated rings. The molecule has 1 aromatic carbocycles. The molecule has 0 spiro atoms. The monoisotopic (exact) mass is 392 g/mol. The largest absolute Gasteiger partial charge is 0.490 e. The highest BCUT2D eigenvalue weighted by Gasteiger charge is 2.16. The molecule has 28 heavy (non-hydrogen) atoms. The van der Waals surface area contributed by atoms with E-state index in [2.05, 4.69) is 10.6 Å². The van der Waals surface area contributed by atoms with Gasteiger partial charge in [-0.15, -0.1) is 0 Å². The SMILES string of the molecule is CCNC(=O)CNC(=O)COC(=O)CCC(=O)c1ccc2c(c1)OCCCO2. The fraction of sp³-hybridized carbons (Fsp3) is 0.474. The summed E-state index contributed by atoms with van der Waals surface area (Å²) in [7, 11) is 0. The molecule has 1 heterocycles. The smallest absolute Gasteiger partial charge is 0.306 e. The summed E-state index contributed by atoms with van der Waals surface area (Å²) >= 11 is 0. The third-order valence-corrected chi connectivity index (χ3v) is 3.81. The Morgan fingerprint density at radius 2 is 1.75 bits per heavy atom. The van der Waals surface area contributed by atoms with E-state index in [0.717, 1.165) is 6.42 Å². The second-order valence-electron chi connectivity index (χ2n) is 6.03. The van der Waals surface area contributed by atoms with Crippen LogP contribution in [0.2, 0.25) is 0 Å². The molecule has 0 saturated carbocycles. The summed E-state index contributed by atoms with van der Waals surface area (Å²) in [4.78, 5) is 46.7. The van der Waals surface area contributed by atoms with Crippen LogP contribution >= 0.6 is 0 Å². The van der Waals surface area contributed by atoms with Gasteiger partial charge in [0.2, 0.25) is 5.91 Å². The van der Waals surface area contributed by atoms with Gasteiger partial charge in [0.1, 0.15) is 0 Å². The van der Waals surface area contributed by atoms with Crippen molar-refractivity contribution in [2.24, 2.45) is 0 Å². The molecule has 1 aromatic rings. The number of nitrogens with one attached hydrogen (secondary N) is 2. The first-order valence-electron chi connectivity index (χ1n) is 9.11. The lowest BCUT2D eigenvalue weighted by molar-refractivity contribution is -0.148. The van der Waals surface area contributed by atoms with E-state index in [4.69, 9.17) is 14.2 Å². The average molecular weight is 392 g/mol. The van der Waals surface area contributed by atoms with Crippen molar-refractivity contribution in [2.75, 3.05) is 32.9 Å². The Balaban J connectivity index is 1.72. The molecule has 1 aliphatic rings. The normalized spacial score (nSPS) is 12.5. The Kier molecular flexibility index (Phi) is 8.26. The summed E-state index contributed by atoms with van der Waals surface area (Å²) in [6.45, 7) is 2.60. The van der Waals surface area contributed by atoms with Crippen molar-refractivity contribution in [3.63, 3.8) is 0 Å². The molecule has 2 amide bonds. The van der Waals surface area contributed by atoms with Crippen molar-refractivity contribution in [1.82, 2.24) is 10.6 Å². The topological polar surface area (TPSA) is 120 Å². The fourth-order valence-electron chi connectivity index (χ4n) is 2.40. The summed E-state index contributed by atoms with van der Waals surface area (Å²) in [6, 6.07) is 4.89. The van der Waals surface area contributed by atoms with Crippen LogP contribution in [0, 0.1) is 0 Å². The van der Waals surface area contributed by atoms with Gasteiger partial charge in [-0.1, -0.05) is 0 Å². The minimum absolute atomic E-state index is 0.0565. The van der Waals surface area contributed by atoms with Gasteiger partial charge in [0.25, 0.3) is 5.91 Å². The number of carbonyl (C=O) groups is 4. The van der Waals surface area contributed by atoms with Crippen LogP contribution in [0.25, 0.3) is 0 Å². The minimum atomic E-state index is -0.671. The molecule has 0 atom stereocenters. The molecule has 0 bridgehead atoms. The molecule has 0 aliphatic carbocycles. The van der Waals surface area contributed by atoms with Gasteiger partial charge in [0.05, 0.1) is 26.2 Å². The number of amides is 2. The molecule has 9 nitrogen and oxygen atoms in total. The Labute approximate surface area is 162 Å². The van der Waals surface area contributed by atoms with E-state index in [9.17, 15) is 19.2 Å². The zero-order valence-corrected chi connectivity index (χ0v) is 15.7. The zero-order chi connectivity index (χ0) is 20.4. The second kappa shape index (κ2) is 10.9. The first kappa shape index (κ1) is 21.2. The first-order valence-corrected chi connectivity index (χ1v) is 9.11. The summed E-state index contributed by atoms with van der Waals surface area (Å²) in [5, 5.41) is 4.85. The van der Waals surface area contributed by atoms with Crippen molar-refractivity contribution >= 4 is 23.6 Å². The van der Waals surface area contributed by atoms with Gasteiger partial charge in [-0.05, 0) is 25.1 Å². The number of esters is 1. The van der Waals surface area contributed by atoms with Crippen molar-refractivity contribution in [3.05, 3.63) is 23.8 Å². The Morgan fingerprint density at radius 3 is 2.50 bits per heavy atom. The highest BCUT2D eigenvalue weighted by molar-refractivity contribution is 5.98. The summed E-state index contributed by atoms with van der Waals surface area (Å²) < 4.78 is 15.9. The van der Waals surface area contributed by atoms with E-state index < -0.39 is 18.5 Å². The van der Waals surface area contributed by atoms with Crippen LogP contribution in [-0.2, 0) is 19.1 Å². The molecule has 2 N–H and O–H groups in total. The second-order valence-corrected chi connectivity index (χ2v) is 6.03. The molecular formula is C19H24N2O7. The van der Waals surface area contributed by atoms with E-state index in [1.807, 2.05) is 0 Å². The van der Waals surface area contributed by atoms with Crippen LogP contribution in [0.1, 0.15) is 36.5 Å². The predicted molar refractivity (Wildman–Crippen MR) is 98.3 cm³/mol. The molecule has 9 heteroatoms. The van der Waals surface area contributed by atoms with Gasteiger partial charge >= 0.3 is 5.97 Å². The fourth-order valence-corrected chi connectivity index (χ4v) is 2.40. The van der Waals surface area contributed by atoms with Crippen molar-refractivity contribution in [2.45, 2.75) is 26.2 Å². The lowest BCUT2D eigenvalue weighted by atomic mass is 10.1. The minimum Gasteiger partial charge on any atom is -0.490 e. The number of fused-ring (bicyclic) bond motifs is 1. The average Bonchev–Trinajstić information content (AvgIpc) is 2.93. The highest BCUT2D eigenvalue weighted by atomic mass is 16.5. The molecule has 152 valence electrons. The number of carbonyl (C=O) groups excluding carboxylic acids is 4. The maximum absolute atomic E-state index is 12.3. The van der Waals surface area contributed by atoms with Gasteiger partial charge in [0, 0.05) is 24.9 Å². The Morgan fingerprint density at radius 1 is 1.00 bits per heavy atom. The van der Waals surface area contributed by atoms with Crippen LogP contribution in [0.5, 0.6) is 11.5 Å². The van der Waals surface area contributed by atoms with Crippen LogP contribution in [0.4, 0.5) is 0 Å². The number of likely N-dealkylation sites (N-methyl/N-ethyl adjacent to an activating group) is 1. The lowest BCUT2D eigenvalue weighted by Gasteiger charge is -2.09. The van der Waals surface area contributed by atoms with E-state index in [1.54, 1.807) is 25.1 Å². The zero-order valence-electron chi connectivity index (χ0n) is 15.7. The number of hydrogen-bond donors (Lipinski definition) is 2. The third kappa shape index (κ3) is 6.90. The van der Waals surface area contributed by atoms with Crippen molar-refractivity contribution in [3.8, 4) is 11.5 Å². The van der Waals surface area contributed by atoms with Crippen LogP contribution in [-0.4, -0.2) is 56.5 Å². The molecular weight excluding hydrogens is 368 g/mol. The number of rotatable bonds is 9. The van der Waals surface area contributed by atoms with Gasteiger partial charge in [0.15, 0.2) is 23.9 Å². The predicted octanol–water partition coefficient (Wildman–Crippen LogP) is 0.606. The number of hydrogen-bond acceptors (Lipinski definition) is 7. The number of ketones is 1. The third-order valence-electron chi connectivity index (χ3n) is 3.81. The molecule has 2 rings (SSSR count). The molecule has 0 unspecified atom stereocenters. The summed E-state index contributed by atoms with van der Waals surface area (Å²) in [5.74, 6) is -0.734. The first-order chi connectivity index (χ1) is 13.5. The molecule has 0 radical (unpaired) electrons. The van der Waals surface area contributed by atoms with Crippen molar-refractivity contribution in [1.29, 1.82) is 0 Å².